The number of halogens is 1. The molecule has 1 unspecified atom stereocenters. The van der Waals surface area contributed by atoms with Gasteiger partial charge < -0.3 is 4.74 Å². The molecule has 0 bridgehead atoms. The van der Waals surface area contributed by atoms with Crippen molar-refractivity contribution in [2.45, 2.75) is 13.0 Å². The summed E-state index contributed by atoms with van der Waals surface area (Å²) in [5, 5.41) is 1.99. The minimum absolute atomic E-state index is 0.203. The fourth-order valence-corrected chi connectivity index (χ4v) is 2.88. The largest absolute Gasteiger partial charge is 0.494 e. The minimum Gasteiger partial charge on any atom is -0.494 e. The van der Waals surface area contributed by atoms with E-state index in [-0.39, 0.29) is 17.6 Å². The zero-order valence-corrected chi connectivity index (χ0v) is 11.1. The number of benzene rings is 1. The molecular formula is C13H15FN2OS. The minimum atomic E-state index is -0.385. The molecule has 0 radical (unpaired) electrons. The Kier molecular flexibility index (Phi) is 3.96. The third kappa shape index (κ3) is 2.38. The molecule has 0 aliphatic carbocycles. The molecule has 0 spiro atoms. The van der Waals surface area contributed by atoms with E-state index in [0.717, 1.165) is 16.0 Å². The lowest BCUT2D eigenvalue weighted by atomic mass is 10.0. The molecule has 3 N–H and O–H groups in total. The maximum atomic E-state index is 13.7. The van der Waals surface area contributed by atoms with Crippen LogP contribution in [-0.2, 0) is 0 Å². The van der Waals surface area contributed by atoms with E-state index in [1.165, 1.54) is 13.2 Å². The standard InChI is InChI=1S/C13H15FN2OS/c1-8-5-6-18-13(8)12(16-15)9-3-4-11(17-2)10(14)7-9/h3-7,12,16H,15H2,1-2H3. The molecule has 18 heavy (non-hydrogen) atoms. The summed E-state index contributed by atoms with van der Waals surface area (Å²) in [6.07, 6.45) is 0. The lowest BCUT2D eigenvalue weighted by Crippen LogP contribution is -2.28. The van der Waals surface area contributed by atoms with Crippen LogP contribution in [0.3, 0.4) is 0 Å². The van der Waals surface area contributed by atoms with Gasteiger partial charge in [0.15, 0.2) is 11.6 Å². The number of methoxy groups -OCH3 is 1. The van der Waals surface area contributed by atoms with Crippen LogP contribution in [-0.4, -0.2) is 7.11 Å². The van der Waals surface area contributed by atoms with Gasteiger partial charge in [-0.25, -0.2) is 9.82 Å². The summed E-state index contributed by atoms with van der Waals surface area (Å²) in [4.78, 5) is 1.09. The van der Waals surface area contributed by atoms with E-state index in [1.807, 2.05) is 24.4 Å². The second-order valence-corrected chi connectivity index (χ2v) is 4.91. The fourth-order valence-electron chi connectivity index (χ4n) is 1.87. The van der Waals surface area contributed by atoms with E-state index in [9.17, 15) is 4.39 Å². The van der Waals surface area contributed by atoms with Gasteiger partial charge in [0.1, 0.15) is 0 Å². The van der Waals surface area contributed by atoms with Crippen LogP contribution in [0.2, 0.25) is 0 Å². The first-order valence-corrected chi connectivity index (χ1v) is 6.39. The lowest BCUT2D eigenvalue weighted by molar-refractivity contribution is 0.386. The van der Waals surface area contributed by atoms with Crippen molar-refractivity contribution in [1.29, 1.82) is 0 Å². The smallest absolute Gasteiger partial charge is 0.165 e. The van der Waals surface area contributed by atoms with E-state index in [4.69, 9.17) is 10.6 Å². The summed E-state index contributed by atoms with van der Waals surface area (Å²) in [7, 11) is 1.44. The molecule has 2 aromatic rings. The Bertz CT molecular complexity index is 542. The Labute approximate surface area is 109 Å². The summed E-state index contributed by atoms with van der Waals surface area (Å²) in [5.41, 5.74) is 4.65. The Hall–Kier alpha value is -1.43. The van der Waals surface area contributed by atoms with Crippen molar-refractivity contribution < 1.29 is 9.13 Å². The van der Waals surface area contributed by atoms with E-state index < -0.39 is 0 Å². The third-order valence-electron chi connectivity index (χ3n) is 2.84. The van der Waals surface area contributed by atoms with Gasteiger partial charge in [-0.2, -0.15) is 0 Å². The Balaban J connectivity index is 2.40. The number of thiophene rings is 1. The van der Waals surface area contributed by atoms with Crippen LogP contribution in [0, 0.1) is 12.7 Å². The van der Waals surface area contributed by atoms with E-state index in [0.29, 0.717) is 0 Å². The van der Waals surface area contributed by atoms with Crippen LogP contribution in [0.1, 0.15) is 22.0 Å². The zero-order valence-electron chi connectivity index (χ0n) is 10.2. The summed E-state index contributed by atoms with van der Waals surface area (Å²) in [6, 6.07) is 6.68. The Morgan fingerprint density at radius 1 is 1.39 bits per heavy atom. The number of rotatable bonds is 4. The van der Waals surface area contributed by atoms with Crippen LogP contribution in [0.4, 0.5) is 4.39 Å². The molecule has 2 rings (SSSR count). The van der Waals surface area contributed by atoms with Crippen LogP contribution in [0.15, 0.2) is 29.6 Å². The van der Waals surface area contributed by atoms with Crippen LogP contribution < -0.4 is 16.0 Å². The summed E-state index contributed by atoms with van der Waals surface area (Å²) in [5.74, 6) is 5.44. The van der Waals surface area contributed by atoms with Gasteiger partial charge in [-0.1, -0.05) is 6.07 Å². The first-order valence-electron chi connectivity index (χ1n) is 5.51. The number of nitrogens with two attached hydrogens (primary N) is 1. The second kappa shape index (κ2) is 5.48. The van der Waals surface area contributed by atoms with Crippen molar-refractivity contribution in [1.82, 2.24) is 5.43 Å². The monoisotopic (exact) mass is 266 g/mol. The number of aryl methyl sites for hydroxylation is 1. The van der Waals surface area contributed by atoms with Crippen LogP contribution in [0.25, 0.3) is 0 Å². The van der Waals surface area contributed by atoms with Gasteiger partial charge in [-0.3, -0.25) is 5.84 Å². The van der Waals surface area contributed by atoms with Crippen molar-refractivity contribution in [3.05, 3.63) is 51.5 Å². The first kappa shape index (κ1) is 13.0. The zero-order chi connectivity index (χ0) is 13.1. The van der Waals surface area contributed by atoms with Gasteiger partial charge in [0.25, 0.3) is 0 Å². The van der Waals surface area contributed by atoms with Crippen molar-refractivity contribution >= 4 is 11.3 Å². The molecule has 1 heterocycles. The normalized spacial score (nSPS) is 12.4. The van der Waals surface area contributed by atoms with Crippen molar-refractivity contribution in [3.8, 4) is 5.75 Å². The Morgan fingerprint density at radius 3 is 2.67 bits per heavy atom. The molecule has 96 valence electrons. The summed E-state index contributed by atoms with van der Waals surface area (Å²) >= 11 is 1.60. The molecule has 0 aliphatic rings. The third-order valence-corrected chi connectivity index (χ3v) is 3.92. The van der Waals surface area contributed by atoms with Crippen molar-refractivity contribution in [2.24, 2.45) is 5.84 Å². The molecule has 5 heteroatoms. The number of hydrogen-bond donors (Lipinski definition) is 2. The van der Waals surface area contributed by atoms with Gasteiger partial charge in [-0.05, 0) is 41.6 Å². The number of hydrogen-bond acceptors (Lipinski definition) is 4. The molecule has 0 aliphatic heterocycles. The maximum absolute atomic E-state index is 13.7. The van der Waals surface area contributed by atoms with Crippen LogP contribution >= 0.6 is 11.3 Å². The van der Waals surface area contributed by atoms with Crippen molar-refractivity contribution in [3.63, 3.8) is 0 Å². The topological polar surface area (TPSA) is 47.3 Å². The predicted octanol–water partition coefficient (Wildman–Crippen LogP) is 2.76. The number of hydrazine groups is 1. The molecule has 0 amide bonds. The molecule has 1 atom stereocenters. The van der Waals surface area contributed by atoms with Crippen molar-refractivity contribution in [2.75, 3.05) is 7.11 Å². The molecular weight excluding hydrogens is 251 g/mol. The van der Waals surface area contributed by atoms with E-state index in [2.05, 4.69) is 5.43 Å². The van der Waals surface area contributed by atoms with Gasteiger partial charge in [-0.15, -0.1) is 11.3 Å². The molecule has 3 nitrogen and oxygen atoms in total. The van der Waals surface area contributed by atoms with Crippen LogP contribution in [0.5, 0.6) is 5.75 Å². The van der Waals surface area contributed by atoms with E-state index in [1.54, 1.807) is 17.4 Å². The quantitative estimate of drug-likeness (QED) is 0.661. The average molecular weight is 266 g/mol. The van der Waals surface area contributed by atoms with Gasteiger partial charge >= 0.3 is 0 Å². The first-order chi connectivity index (χ1) is 8.67. The highest BCUT2D eigenvalue weighted by molar-refractivity contribution is 7.10. The number of nitrogens with one attached hydrogen (secondary N) is 1. The lowest BCUT2D eigenvalue weighted by Gasteiger charge is -2.16. The molecule has 1 aromatic heterocycles. The molecule has 0 fully saturated rings. The summed E-state index contributed by atoms with van der Waals surface area (Å²) < 4.78 is 18.6. The fraction of sp³-hybridized carbons (Fsp3) is 0.231. The molecule has 1 aromatic carbocycles. The summed E-state index contributed by atoms with van der Waals surface area (Å²) in [6.45, 7) is 2.01. The van der Waals surface area contributed by atoms with E-state index >= 15 is 0 Å². The highest BCUT2D eigenvalue weighted by Crippen LogP contribution is 2.30. The highest BCUT2D eigenvalue weighted by Gasteiger charge is 2.17. The SMILES string of the molecule is COc1ccc(C(NN)c2sccc2C)cc1F. The van der Waals surface area contributed by atoms with Gasteiger partial charge in [0.05, 0.1) is 13.2 Å². The molecule has 0 saturated carbocycles. The molecule has 0 saturated heterocycles. The average Bonchev–Trinajstić information content (AvgIpc) is 2.77. The highest BCUT2D eigenvalue weighted by atomic mass is 32.1. The second-order valence-electron chi connectivity index (χ2n) is 3.96. The Morgan fingerprint density at radius 2 is 2.17 bits per heavy atom. The van der Waals surface area contributed by atoms with Gasteiger partial charge in [0, 0.05) is 4.88 Å². The maximum Gasteiger partial charge on any atom is 0.165 e. The van der Waals surface area contributed by atoms with Gasteiger partial charge in [0.2, 0.25) is 0 Å². The number of ether oxygens (including phenoxy) is 1. The predicted molar refractivity (Wildman–Crippen MR) is 71.2 cm³/mol.